The molecule has 0 unspecified atom stereocenters. The molecule has 0 bridgehead atoms. The van der Waals surface area contributed by atoms with Crippen LogP contribution in [0.4, 0.5) is 0 Å². The van der Waals surface area contributed by atoms with Crippen LogP contribution in [0.15, 0.2) is 0 Å². The van der Waals surface area contributed by atoms with E-state index in [0.717, 1.165) is 0 Å². The van der Waals surface area contributed by atoms with E-state index in [4.69, 9.17) is 21.7 Å². The molecule has 46 heavy (non-hydrogen) atoms. The lowest BCUT2D eigenvalue weighted by Crippen LogP contribution is -2.60. The summed E-state index contributed by atoms with van der Waals surface area (Å²) in [6.07, 6.45) is -1.70. The molecule has 0 saturated heterocycles. The normalized spacial score (nSPS) is 15.4. The molecular weight excluding hydrogens is 616 g/mol. The molecule has 0 aliphatic carbocycles. The van der Waals surface area contributed by atoms with Crippen LogP contribution in [-0.2, 0) is 43.2 Å². The van der Waals surface area contributed by atoms with E-state index < -0.39 is 115 Å². The highest BCUT2D eigenvalue weighted by molar-refractivity contribution is 5.98. The number of carboxylic acid groups (broad SMARTS) is 2. The van der Waals surface area contributed by atoms with Crippen molar-refractivity contribution in [3.63, 3.8) is 0 Å². The third-order valence-electron chi connectivity index (χ3n) is 6.10. The van der Waals surface area contributed by atoms with E-state index in [0.29, 0.717) is 0 Å². The van der Waals surface area contributed by atoms with Crippen molar-refractivity contribution in [1.29, 1.82) is 0 Å². The van der Waals surface area contributed by atoms with Crippen LogP contribution in [0, 0.1) is 5.92 Å². The van der Waals surface area contributed by atoms with Crippen molar-refractivity contribution in [2.45, 2.75) is 96.2 Å². The quantitative estimate of drug-likeness (QED) is 0.0582. The Morgan fingerprint density at radius 3 is 1.39 bits per heavy atom. The number of nitrogens with two attached hydrogens (primary N) is 2. The first-order valence-corrected chi connectivity index (χ1v) is 14.1. The Bertz CT molecular complexity index is 1160. The van der Waals surface area contributed by atoms with Crippen LogP contribution in [0.3, 0.4) is 0 Å². The monoisotopic (exact) mass is 660 g/mol. The average molecular weight is 661 g/mol. The Kier molecular flexibility index (Phi) is 17.5. The summed E-state index contributed by atoms with van der Waals surface area (Å²) < 4.78 is 0. The highest BCUT2D eigenvalue weighted by Crippen LogP contribution is 2.07. The summed E-state index contributed by atoms with van der Waals surface area (Å²) in [4.78, 5) is 110. The van der Waals surface area contributed by atoms with Crippen molar-refractivity contribution in [3.05, 3.63) is 0 Å². The van der Waals surface area contributed by atoms with Crippen LogP contribution in [-0.4, -0.2) is 118 Å². The van der Waals surface area contributed by atoms with Crippen LogP contribution in [0.25, 0.3) is 0 Å². The number of aliphatic hydroxyl groups excluding tert-OH is 1. The molecule has 0 aromatic heterocycles. The third-order valence-corrected chi connectivity index (χ3v) is 6.10. The number of hydrogen-bond donors (Lipinski definition) is 11. The summed E-state index contributed by atoms with van der Waals surface area (Å²) in [5.74, 6) is -10.1. The second kappa shape index (κ2) is 19.5. The van der Waals surface area contributed by atoms with Crippen molar-refractivity contribution in [2.75, 3.05) is 6.61 Å². The lowest BCUT2D eigenvalue weighted by Gasteiger charge is -2.26. The first-order valence-electron chi connectivity index (χ1n) is 14.1. The molecule has 0 heterocycles. The molecule has 0 aromatic carbocycles. The fraction of sp³-hybridized carbons (Fsp3) is 0.654. The Balaban J connectivity index is 5.72. The lowest BCUT2D eigenvalue weighted by molar-refractivity contribution is -0.147. The van der Waals surface area contributed by atoms with Gasteiger partial charge in [0.25, 0.3) is 0 Å². The first kappa shape index (κ1) is 41.1. The van der Waals surface area contributed by atoms with Crippen LogP contribution in [0.5, 0.6) is 0 Å². The van der Waals surface area contributed by atoms with E-state index in [-0.39, 0.29) is 12.3 Å². The Morgan fingerprint density at radius 2 is 0.978 bits per heavy atom. The van der Waals surface area contributed by atoms with E-state index in [1.165, 1.54) is 20.8 Å². The van der Waals surface area contributed by atoms with E-state index in [1.54, 1.807) is 13.8 Å². The second-order valence-electron chi connectivity index (χ2n) is 10.9. The van der Waals surface area contributed by atoms with Crippen molar-refractivity contribution in [3.8, 4) is 0 Å². The third kappa shape index (κ3) is 15.2. The Morgan fingerprint density at radius 1 is 0.565 bits per heavy atom. The molecule has 260 valence electrons. The standard InChI is InChI=1S/C26H44N8O12/c1-10(2)6-14(23(42)30-13(5)21(40)33-16(26(45)46)8-19(37)38)31-24(43)15(7-18(28)36)32-25(44)17(9-35)34-22(41)12(4)29-20(39)11(3)27/h10-17,35H,6-9,27H2,1-5H3,(H2,28,36)(H,29,39)(H,30,42)(H,31,43)(H,32,44)(H,33,40)(H,34,41)(H,37,38)(H,45,46)/t11-,12-,13-,14-,15-,16-,17-/m0/s1. The maximum Gasteiger partial charge on any atom is 0.326 e. The van der Waals surface area contributed by atoms with Crippen LogP contribution in [0.1, 0.15) is 53.9 Å². The van der Waals surface area contributed by atoms with Crippen LogP contribution in [0.2, 0.25) is 0 Å². The van der Waals surface area contributed by atoms with Gasteiger partial charge >= 0.3 is 11.9 Å². The molecule has 0 fully saturated rings. The molecule has 7 atom stereocenters. The number of carboxylic acids is 2. The van der Waals surface area contributed by atoms with Gasteiger partial charge in [-0.15, -0.1) is 0 Å². The fourth-order valence-corrected chi connectivity index (χ4v) is 3.61. The fourth-order valence-electron chi connectivity index (χ4n) is 3.61. The van der Waals surface area contributed by atoms with Gasteiger partial charge in [-0.3, -0.25) is 38.4 Å². The van der Waals surface area contributed by atoms with Gasteiger partial charge < -0.3 is 58.7 Å². The van der Waals surface area contributed by atoms with Crippen molar-refractivity contribution in [1.82, 2.24) is 31.9 Å². The second-order valence-corrected chi connectivity index (χ2v) is 10.9. The lowest BCUT2D eigenvalue weighted by atomic mass is 10.0. The number of aliphatic carboxylic acids is 2. The number of amides is 7. The van der Waals surface area contributed by atoms with Crippen LogP contribution >= 0.6 is 0 Å². The van der Waals surface area contributed by atoms with Gasteiger partial charge in [0.15, 0.2) is 0 Å². The topological polar surface area (TPSA) is 339 Å². The Labute approximate surface area is 264 Å². The average Bonchev–Trinajstić information content (AvgIpc) is 2.93. The van der Waals surface area contributed by atoms with E-state index in [9.17, 15) is 48.3 Å². The molecule has 0 aliphatic rings. The van der Waals surface area contributed by atoms with Gasteiger partial charge in [-0.1, -0.05) is 13.8 Å². The number of primary amides is 1. The molecule has 20 nitrogen and oxygen atoms in total. The van der Waals surface area contributed by atoms with E-state index in [1.807, 2.05) is 5.32 Å². The highest BCUT2D eigenvalue weighted by atomic mass is 16.4. The molecule has 20 heteroatoms. The molecular formula is C26H44N8O12. The van der Waals surface area contributed by atoms with Crippen molar-refractivity contribution in [2.24, 2.45) is 17.4 Å². The molecule has 7 amide bonds. The highest BCUT2D eigenvalue weighted by Gasteiger charge is 2.33. The number of nitrogens with one attached hydrogen (secondary N) is 6. The molecule has 0 aromatic rings. The molecule has 0 aliphatic heterocycles. The van der Waals surface area contributed by atoms with E-state index >= 15 is 0 Å². The predicted octanol–water partition coefficient (Wildman–Crippen LogP) is -5.24. The van der Waals surface area contributed by atoms with Crippen molar-refractivity contribution >= 4 is 53.3 Å². The Hall–Kier alpha value is -4.85. The van der Waals surface area contributed by atoms with Gasteiger partial charge in [-0.2, -0.15) is 0 Å². The number of carbonyl (C=O) groups excluding carboxylic acids is 7. The van der Waals surface area contributed by atoms with Crippen molar-refractivity contribution < 1.29 is 58.5 Å². The van der Waals surface area contributed by atoms with Gasteiger partial charge in [0.1, 0.15) is 36.3 Å². The number of hydrogen-bond acceptors (Lipinski definition) is 11. The molecule has 0 radical (unpaired) electrons. The summed E-state index contributed by atoms with van der Waals surface area (Å²) in [6.45, 7) is 6.29. The summed E-state index contributed by atoms with van der Waals surface area (Å²) >= 11 is 0. The molecule has 0 rings (SSSR count). The zero-order valence-electron chi connectivity index (χ0n) is 26.1. The van der Waals surface area contributed by atoms with Gasteiger partial charge in [0, 0.05) is 0 Å². The molecule has 13 N–H and O–H groups in total. The number of carbonyl (C=O) groups is 9. The van der Waals surface area contributed by atoms with Gasteiger partial charge in [0.05, 0.1) is 25.5 Å². The predicted molar refractivity (Wildman–Crippen MR) is 157 cm³/mol. The number of rotatable bonds is 20. The zero-order chi connectivity index (χ0) is 35.9. The summed E-state index contributed by atoms with van der Waals surface area (Å²) in [6, 6.07) is -9.96. The van der Waals surface area contributed by atoms with Crippen LogP contribution < -0.4 is 43.4 Å². The largest absolute Gasteiger partial charge is 0.481 e. The SMILES string of the molecule is CC(C)C[C@H](NC(=O)[C@H](CC(N)=O)NC(=O)[C@H](CO)NC(=O)[C@H](C)NC(=O)[C@H](C)N)C(=O)N[C@@H](C)C(=O)N[C@@H](CC(=O)O)C(=O)O. The molecule has 0 saturated carbocycles. The zero-order valence-corrected chi connectivity index (χ0v) is 26.1. The minimum absolute atomic E-state index is 0.0136. The summed E-state index contributed by atoms with van der Waals surface area (Å²) in [5.41, 5.74) is 10.7. The summed E-state index contributed by atoms with van der Waals surface area (Å²) in [5, 5.41) is 40.9. The van der Waals surface area contributed by atoms with Gasteiger partial charge in [-0.25, -0.2) is 4.79 Å². The maximum absolute atomic E-state index is 13.2. The minimum atomic E-state index is -1.78. The van der Waals surface area contributed by atoms with Gasteiger partial charge in [0.2, 0.25) is 41.4 Å². The van der Waals surface area contributed by atoms with Gasteiger partial charge in [-0.05, 0) is 33.1 Å². The molecule has 0 spiro atoms. The minimum Gasteiger partial charge on any atom is -0.481 e. The summed E-state index contributed by atoms with van der Waals surface area (Å²) in [7, 11) is 0. The van der Waals surface area contributed by atoms with E-state index in [2.05, 4.69) is 26.6 Å². The smallest absolute Gasteiger partial charge is 0.326 e. The first-order chi connectivity index (χ1) is 21.2. The number of aliphatic hydroxyl groups is 1. The maximum atomic E-state index is 13.2.